The van der Waals surface area contributed by atoms with E-state index in [-0.39, 0.29) is 0 Å². The lowest BCUT2D eigenvalue weighted by atomic mass is 10.2. The monoisotopic (exact) mass is 312 g/mol. The minimum atomic E-state index is 0.690. The molecule has 23 heavy (non-hydrogen) atoms. The molecular formula is C17H24N6. The van der Waals surface area contributed by atoms with E-state index in [0.717, 1.165) is 36.1 Å². The van der Waals surface area contributed by atoms with Crippen molar-refractivity contribution in [2.24, 2.45) is 0 Å². The van der Waals surface area contributed by atoms with Crippen molar-refractivity contribution >= 4 is 5.82 Å². The molecular weight excluding hydrogens is 288 g/mol. The van der Waals surface area contributed by atoms with Gasteiger partial charge in [0.25, 0.3) is 0 Å². The summed E-state index contributed by atoms with van der Waals surface area (Å²) in [4.78, 5) is 5.03. The first-order valence-electron chi connectivity index (χ1n) is 8.57. The van der Waals surface area contributed by atoms with E-state index in [1.54, 1.807) is 0 Å². The van der Waals surface area contributed by atoms with E-state index in [1.165, 1.54) is 32.4 Å². The molecule has 1 unspecified atom stereocenters. The van der Waals surface area contributed by atoms with E-state index >= 15 is 0 Å². The van der Waals surface area contributed by atoms with Gasteiger partial charge < -0.3 is 4.90 Å². The molecule has 6 nitrogen and oxygen atoms in total. The van der Waals surface area contributed by atoms with Crippen molar-refractivity contribution in [1.29, 1.82) is 0 Å². The minimum Gasteiger partial charge on any atom is -0.354 e. The zero-order valence-electron chi connectivity index (χ0n) is 13.9. The highest BCUT2D eigenvalue weighted by atomic mass is 15.4. The number of anilines is 1. The average Bonchev–Trinajstić information content (AvgIpc) is 3.07. The summed E-state index contributed by atoms with van der Waals surface area (Å²) < 4.78 is 1.85. The van der Waals surface area contributed by atoms with E-state index in [9.17, 15) is 0 Å². The summed E-state index contributed by atoms with van der Waals surface area (Å²) in [5.74, 6) is 1.78. The summed E-state index contributed by atoms with van der Waals surface area (Å²) in [5, 5.41) is 13.4. The fourth-order valence-corrected chi connectivity index (χ4v) is 3.88. The second-order valence-electron chi connectivity index (χ2n) is 6.72. The van der Waals surface area contributed by atoms with Gasteiger partial charge >= 0.3 is 0 Å². The molecule has 0 amide bonds. The molecule has 0 saturated carbocycles. The molecule has 2 aromatic rings. The van der Waals surface area contributed by atoms with Gasteiger partial charge in [-0.05, 0) is 57.9 Å². The van der Waals surface area contributed by atoms with Crippen LogP contribution >= 0.6 is 0 Å². The second-order valence-corrected chi connectivity index (χ2v) is 6.72. The van der Waals surface area contributed by atoms with Crippen LogP contribution in [0.25, 0.3) is 5.82 Å². The number of fused-ring (bicyclic) bond motifs is 1. The molecule has 0 radical (unpaired) electrons. The summed E-state index contributed by atoms with van der Waals surface area (Å²) in [5.41, 5.74) is 2.09. The van der Waals surface area contributed by atoms with Gasteiger partial charge in [-0.15, -0.1) is 10.2 Å². The molecule has 2 fully saturated rings. The second kappa shape index (κ2) is 5.92. The van der Waals surface area contributed by atoms with Crippen LogP contribution in [0.5, 0.6) is 0 Å². The number of rotatable bonds is 2. The van der Waals surface area contributed by atoms with Gasteiger partial charge in [-0.2, -0.15) is 5.10 Å². The summed E-state index contributed by atoms with van der Waals surface area (Å²) in [6.07, 6.45) is 3.85. The maximum atomic E-state index is 4.48. The Morgan fingerprint density at radius 2 is 1.78 bits per heavy atom. The van der Waals surface area contributed by atoms with Crippen LogP contribution in [0.4, 0.5) is 5.82 Å². The van der Waals surface area contributed by atoms with Crippen LogP contribution < -0.4 is 4.90 Å². The average molecular weight is 312 g/mol. The minimum absolute atomic E-state index is 0.690. The molecule has 0 aliphatic carbocycles. The zero-order valence-corrected chi connectivity index (χ0v) is 13.9. The summed E-state index contributed by atoms with van der Waals surface area (Å²) in [7, 11) is 0. The number of aryl methyl sites for hydroxylation is 2. The van der Waals surface area contributed by atoms with Crippen molar-refractivity contribution < 1.29 is 0 Å². The maximum absolute atomic E-state index is 4.48. The Kier molecular flexibility index (Phi) is 3.77. The highest BCUT2D eigenvalue weighted by molar-refractivity contribution is 5.40. The van der Waals surface area contributed by atoms with Crippen molar-refractivity contribution in [3.63, 3.8) is 0 Å². The Bertz CT molecular complexity index is 677. The normalized spacial score (nSPS) is 22.2. The third kappa shape index (κ3) is 2.83. The molecule has 0 spiro atoms. The van der Waals surface area contributed by atoms with Crippen LogP contribution in [0.2, 0.25) is 0 Å². The maximum Gasteiger partial charge on any atom is 0.176 e. The Balaban J connectivity index is 1.54. The van der Waals surface area contributed by atoms with Crippen LogP contribution in [0.15, 0.2) is 18.2 Å². The van der Waals surface area contributed by atoms with Crippen molar-refractivity contribution in [2.75, 3.05) is 31.1 Å². The van der Waals surface area contributed by atoms with Crippen LogP contribution in [0.1, 0.15) is 30.7 Å². The molecule has 1 atom stereocenters. The Hall–Kier alpha value is -1.95. The van der Waals surface area contributed by atoms with Gasteiger partial charge in [0.05, 0.1) is 5.69 Å². The van der Waals surface area contributed by atoms with Gasteiger partial charge in [-0.1, -0.05) is 0 Å². The lowest BCUT2D eigenvalue weighted by Crippen LogP contribution is -2.37. The fraction of sp³-hybridized carbons (Fsp3) is 0.588. The molecule has 0 N–H and O–H groups in total. The fourth-order valence-electron chi connectivity index (χ4n) is 3.88. The predicted molar refractivity (Wildman–Crippen MR) is 90.1 cm³/mol. The first-order chi connectivity index (χ1) is 11.2. The van der Waals surface area contributed by atoms with Gasteiger partial charge in [-0.3, -0.25) is 4.90 Å². The van der Waals surface area contributed by atoms with Crippen LogP contribution in [0, 0.1) is 13.8 Å². The van der Waals surface area contributed by atoms with Crippen molar-refractivity contribution in [2.45, 2.75) is 39.2 Å². The number of aromatic nitrogens is 4. The largest absolute Gasteiger partial charge is 0.354 e. The van der Waals surface area contributed by atoms with Crippen LogP contribution in [-0.2, 0) is 0 Å². The predicted octanol–water partition coefficient (Wildman–Crippen LogP) is 1.95. The number of hydrogen-bond donors (Lipinski definition) is 0. The molecule has 4 rings (SSSR count). The van der Waals surface area contributed by atoms with E-state index in [2.05, 4.69) is 37.2 Å². The van der Waals surface area contributed by atoms with E-state index in [4.69, 9.17) is 0 Å². The lowest BCUT2D eigenvalue weighted by molar-refractivity contribution is 0.273. The van der Waals surface area contributed by atoms with Gasteiger partial charge in [0, 0.05) is 31.4 Å². The number of nitrogens with zero attached hydrogens (tertiary/aromatic N) is 6. The first-order valence-corrected chi connectivity index (χ1v) is 8.57. The molecule has 4 heterocycles. The first kappa shape index (κ1) is 14.6. The Morgan fingerprint density at radius 3 is 2.52 bits per heavy atom. The van der Waals surface area contributed by atoms with Gasteiger partial charge in [0.15, 0.2) is 11.6 Å². The van der Waals surface area contributed by atoms with Crippen LogP contribution in [0.3, 0.4) is 0 Å². The smallest absolute Gasteiger partial charge is 0.176 e. The van der Waals surface area contributed by atoms with E-state index in [0.29, 0.717) is 6.04 Å². The third-order valence-electron chi connectivity index (χ3n) is 4.99. The molecule has 2 aliphatic heterocycles. The summed E-state index contributed by atoms with van der Waals surface area (Å²) in [6, 6.07) is 6.86. The third-order valence-corrected chi connectivity index (χ3v) is 4.99. The van der Waals surface area contributed by atoms with Crippen molar-refractivity contribution in [3.8, 4) is 5.82 Å². The quantitative estimate of drug-likeness (QED) is 0.848. The van der Waals surface area contributed by atoms with Gasteiger partial charge in [0.2, 0.25) is 0 Å². The summed E-state index contributed by atoms with van der Waals surface area (Å²) in [6.45, 7) is 8.67. The molecule has 2 aromatic heterocycles. The van der Waals surface area contributed by atoms with Crippen molar-refractivity contribution in [3.05, 3.63) is 29.6 Å². The lowest BCUT2D eigenvalue weighted by Gasteiger charge is -2.26. The topological polar surface area (TPSA) is 50.1 Å². The molecule has 0 aromatic carbocycles. The Morgan fingerprint density at radius 1 is 1.00 bits per heavy atom. The standard InChI is InChI=1S/C17H24N6/c1-13-11-14(2)23(20-13)17-7-6-16(18-19-17)22-10-4-9-21-8-3-5-15(21)12-22/h6-7,11,15H,3-5,8-10,12H2,1-2H3. The van der Waals surface area contributed by atoms with Gasteiger partial charge in [-0.25, -0.2) is 4.68 Å². The van der Waals surface area contributed by atoms with E-state index in [1.807, 2.05) is 24.6 Å². The highest BCUT2D eigenvalue weighted by Crippen LogP contribution is 2.24. The summed E-state index contributed by atoms with van der Waals surface area (Å²) >= 11 is 0. The molecule has 6 heteroatoms. The highest BCUT2D eigenvalue weighted by Gasteiger charge is 2.29. The molecule has 2 aliphatic rings. The van der Waals surface area contributed by atoms with E-state index < -0.39 is 0 Å². The Labute approximate surface area is 137 Å². The van der Waals surface area contributed by atoms with Crippen molar-refractivity contribution in [1.82, 2.24) is 24.9 Å². The van der Waals surface area contributed by atoms with Gasteiger partial charge in [0.1, 0.15) is 0 Å². The SMILES string of the molecule is Cc1cc(C)n(-c2ccc(N3CCCN4CCCC4C3)nn2)n1. The van der Waals surface area contributed by atoms with Crippen LogP contribution in [-0.4, -0.2) is 57.1 Å². The molecule has 122 valence electrons. The zero-order chi connectivity index (χ0) is 15.8. The number of hydrogen-bond acceptors (Lipinski definition) is 5. The molecule has 2 saturated heterocycles. The molecule has 0 bridgehead atoms.